The molecule has 1 fully saturated rings. The second kappa shape index (κ2) is 4.90. The van der Waals surface area contributed by atoms with Crippen LogP contribution in [-0.4, -0.2) is 17.0 Å². The summed E-state index contributed by atoms with van der Waals surface area (Å²) in [6.45, 7) is 0.947. The predicted molar refractivity (Wildman–Crippen MR) is 53.1 cm³/mol. The van der Waals surface area contributed by atoms with Crippen molar-refractivity contribution in [2.24, 2.45) is 5.92 Å². The molecule has 12 heavy (non-hydrogen) atoms. The molecule has 0 atom stereocenters. The van der Waals surface area contributed by atoms with Gasteiger partial charge in [-0.3, -0.25) is 0 Å². The van der Waals surface area contributed by atoms with E-state index in [0.717, 1.165) is 6.61 Å². The van der Waals surface area contributed by atoms with Crippen molar-refractivity contribution in [1.82, 2.24) is 0 Å². The minimum absolute atomic E-state index is 0.203. The highest BCUT2D eigenvalue weighted by Crippen LogP contribution is 2.28. The van der Waals surface area contributed by atoms with E-state index in [0.29, 0.717) is 5.92 Å². The van der Waals surface area contributed by atoms with Crippen molar-refractivity contribution in [2.75, 3.05) is 13.2 Å². The Morgan fingerprint density at radius 2 is 1.75 bits per heavy atom. The molecule has 0 aromatic heterocycles. The van der Waals surface area contributed by atoms with Crippen LogP contribution in [0, 0.1) is 5.92 Å². The van der Waals surface area contributed by atoms with E-state index in [-0.39, 0.29) is 6.61 Å². The zero-order valence-corrected chi connectivity index (χ0v) is 9.13. The number of halogens is 3. The first-order valence-corrected chi connectivity index (χ1v) is 5.36. The largest absolute Gasteiger partial charge is 0.377 e. The smallest absolute Gasteiger partial charge is 0.213 e. The van der Waals surface area contributed by atoms with Gasteiger partial charge >= 0.3 is 0 Å². The molecule has 0 aromatic carbocycles. The molecule has 0 radical (unpaired) electrons. The van der Waals surface area contributed by atoms with E-state index < -0.39 is 3.79 Å². The summed E-state index contributed by atoms with van der Waals surface area (Å²) in [6.07, 6.45) is 5.17. The Hall–Kier alpha value is 0.830. The van der Waals surface area contributed by atoms with Gasteiger partial charge in [-0.2, -0.15) is 0 Å². The molecule has 0 aliphatic heterocycles. The summed E-state index contributed by atoms with van der Waals surface area (Å²) in [4.78, 5) is 0. The topological polar surface area (TPSA) is 9.23 Å². The Labute approximate surface area is 88.3 Å². The number of hydrogen-bond donors (Lipinski definition) is 0. The van der Waals surface area contributed by atoms with E-state index in [1.54, 1.807) is 0 Å². The van der Waals surface area contributed by atoms with Crippen molar-refractivity contribution >= 4 is 34.8 Å². The fraction of sp³-hybridized carbons (Fsp3) is 1.00. The molecule has 0 amide bonds. The number of rotatable bonds is 3. The summed E-state index contributed by atoms with van der Waals surface area (Å²) in [5, 5.41) is 0. The lowest BCUT2D eigenvalue weighted by Gasteiger charge is -2.13. The van der Waals surface area contributed by atoms with Crippen LogP contribution in [-0.2, 0) is 4.74 Å². The van der Waals surface area contributed by atoms with Crippen LogP contribution in [0.4, 0.5) is 0 Å². The highest BCUT2D eigenvalue weighted by atomic mass is 35.6. The molecule has 1 aliphatic carbocycles. The summed E-state index contributed by atoms with van der Waals surface area (Å²) in [5.74, 6) is 0.692. The van der Waals surface area contributed by atoms with Gasteiger partial charge < -0.3 is 4.74 Å². The van der Waals surface area contributed by atoms with Crippen molar-refractivity contribution in [3.05, 3.63) is 0 Å². The van der Waals surface area contributed by atoms with Crippen molar-refractivity contribution in [1.29, 1.82) is 0 Å². The second-order valence-corrected chi connectivity index (χ2v) is 5.80. The van der Waals surface area contributed by atoms with Crippen LogP contribution in [0.5, 0.6) is 0 Å². The molecule has 0 heterocycles. The third-order valence-corrected chi connectivity index (χ3v) is 2.42. The standard InChI is InChI=1S/C8H13Cl3O/c9-8(10,11)6-12-5-7-3-1-2-4-7/h7H,1-6H2. The molecule has 0 unspecified atom stereocenters. The van der Waals surface area contributed by atoms with Gasteiger partial charge in [0, 0.05) is 6.61 Å². The Kier molecular flexibility index (Phi) is 4.45. The molecular formula is C8H13Cl3O. The maximum atomic E-state index is 5.52. The lowest BCUT2D eigenvalue weighted by Crippen LogP contribution is -2.16. The maximum Gasteiger partial charge on any atom is 0.213 e. The van der Waals surface area contributed by atoms with E-state index in [9.17, 15) is 0 Å². The van der Waals surface area contributed by atoms with Crippen molar-refractivity contribution < 1.29 is 4.74 Å². The Balaban J connectivity index is 2.02. The van der Waals surface area contributed by atoms with Crippen LogP contribution in [0.25, 0.3) is 0 Å². The minimum Gasteiger partial charge on any atom is -0.377 e. The summed E-state index contributed by atoms with van der Waals surface area (Å²) < 4.78 is 4.03. The molecule has 4 heteroatoms. The Morgan fingerprint density at radius 3 is 2.25 bits per heavy atom. The van der Waals surface area contributed by atoms with E-state index >= 15 is 0 Å². The molecule has 1 saturated carbocycles. The van der Waals surface area contributed by atoms with Gasteiger partial charge in [0.2, 0.25) is 3.79 Å². The van der Waals surface area contributed by atoms with E-state index in [1.807, 2.05) is 0 Å². The zero-order chi connectivity index (χ0) is 9.03. The Morgan fingerprint density at radius 1 is 1.17 bits per heavy atom. The number of hydrogen-bond acceptors (Lipinski definition) is 1. The number of ether oxygens (including phenoxy) is 1. The predicted octanol–water partition coefficient (Wildman–Crippen LogP) is 3.56. The molecule has 1 rings (SSSR count). The molecule has 0 bridgehead atoms. The molecule has 0 N–H and O–H groups in total. The fourth-order valence-corrected chi connectivity index (χ4v) is 1.75. The van der Waals surface area contributed by atoms with Crippen LogP contribution < -0.4 is 0 Å². The van der Waals surface area contributed by atoms with Crippen LogP contribution in [0.3, 0.4) is 0 Å². The minimum atomic E-state index is -1.25. The first-order chi connectivity index (χ1) is 5.58. The molecule has 72 valence electrons. The van der Waals surface area contributed by atoms with Crippen molar-refractivity contribution in [3.8, 4) is 0 Å². The van der Waals surface area contributed by atoms with E-state index in [2.05, 4.69) is 0 Å². The summed E-state index contributed by atoms with van der Waals surface area (Å²) in [6, 6.07) is 0. The SMILES string of the molecule is ClC(Cl)(Cl)COCC1CCCC1. The van der Waals surface area contributed by atoms with Gasteiger partial charge in [-0.25, -0.2) is 0 Å². The quantitative estimate of drug-likeness (QED) is 0.675. The summed E-state index contributed by atoms with van der Waals surface area (Å²) in [7, 11) is 0. The second-order valence-electron chi connectivity index (χ2n) is 3.28. The first kappa shape index (κ1) is 10.9. The van der Waals surface area contributed by atoms with Gasteiger partial charge in [-0.05, 0) is 18.8 Å². The van der Waals surface area contributed by atoms with Crippen LogP contribution >= 0.6 is 34.8 Å². The maximum absolute atomic E-state index is 5.52. The van der Waals surface area contributed by atoms with Gasteiger partial charge in [-0.1, -0.05) is 47.6 Å². The highest BCUT2D eigenvalue weighted by molar-refractivity contribution is 6.67. The van der Waals surface area contributed by atoms with Gasteiger partial charge in [0.25, 0.3) is 0 Å². The van der Waals surface area contributed by atoms with Crippen LogP contribution in [0.1, 0.15) is 25.7 Å². The van der Waals surface area contributed by atoms with Gasteiger partial charge in [-0.15, -0.1) is 0 Å². The molecule has 0 saturated heterocycles. The first-order valence-electron chi connectivity index (χ1n) is 4.22. The lowest BCUT2D eigenvalue weighted by atomic mass is 10.1. The van der Waals surface area contributed by atoms with Crippen molar-refractivity contribution in [2.45, 2.75) is 29.5 Å². The van der Waals surface area contributed by atoms with Crippen LogP contribution in [0.2, 0.25) is 0 Å². The molecule has 0 spiro atoms. The number of alkyl halides is 3. The van der Waals surface area contributed by atoms with Crippen molar-refractivity contribution in [3.63, 3.8) is 0 Å². The highest BCUT2D eigenvalue weighted by Gasteiger charge is 2.21. The average molecular weight is 232 g/mol. The third kappa shape index (κ3) is 4.76. The Bertz CT molecular complexity index is 127. The lowest BCUT2D eigenvalue weighted by molar-refractivity contribution is 0.105. The zero-order valence-electron chi connectivity index (χ0n) is 6.86. The molecule has 0 aromatic rings. The van der Waals surface area contributed by atoms with Gasteiger partial charge in [0.1, 0.15) is 0 Å². The monoisotopic (exact) mass is 230 g/mol. The third-order valence-electron chi connectivity index (χ3n) is 2.09. The van der Waals surface area contributed by atoms with E-state index in [1.165, 1.54) is 25.7 Å². The molecular weight excluding hydrogens is 218 g/mol. The fourth-order valence-electron chi connectivity index (χ4n) is 1.52. The van der Waals surface area contributed by atoms with E-state index in [4.69, 9.17) is 39.5 Å². The van der Waals surface area contributed by atoms with Gasteiger partial charge in [0.15, 0.2) is 0 Å². The normalized spacial score (nSPS) is 20.2. The summed E-state index contributed by atoms with van der Waals surface area (Å²) >= 11 is 16.6. The summed E-state index contributed by atoms with van der Waals surface area (Å²) in [5.41, 5.74) is 0. The molecule has 1 aliphatic rings. The van der Waals surface area contributed by atoms with Crippen LogP contribution in [0.15, 0.2) is 0 Å². The average Bonchev–Trinajstić information content (AvgIpc) is 2.36. The van der Waals surface area contributed by atoms with Gasteiger partial charge in [0.05, 0.1) is 6.61 Å². The molecule has 1 nitrogen and oxygen atoms in total.